The van der Waals surface area contributed by atoms with Crippen LogP contribution in [0.5, 0.6) is 0 Å². The molecule has 1 aliphatic carbocycles. The van der Waals surface area contributed by atoms with E-state index in [1.807, 2.05) is 12.4 Å². The van der Waals surface area contributed by atoms with Crippen LogP contribution < -0.4 is 10.2 Å². The van der Waals surface area contributed by atoms with Gasteiger partial charge in [0.1, 0.15) is 6.33 Å². The summed E-state index contributed by atoms with van der Waals surface area (Å²) >= 11 is 0. The van der Waals surface area contributed by atoms with Gasteiger partial charge in [0.2, 0.25) is 5.95 Å². The van der Waals surface area contributed by atoms with Crippen LogP contribution in [0.4, 0.5) is 17.3 Å². The van der Waals surface area contributed by atoms with Gasteiger partial charge in [-0.3, -0.25) is 0 Å². The highest BCUT2D eigenvalue weighted by Crippen LogP contribution is 2.32. The number of likely N-dealkylation sites (N-methyl/N-ethyl adjacent to an activating group) is 1. The van der Waals surface area contributed by atoms with Crippen molar-refractivity contribution in [3.8, 4) is 0 Å². The summed E-state index contributed by atoms with van der Waals surface area (Å²) in [4.78, 5) is 23.0. The fourth-order valence-corrected chi connectivity index (χ4v) is 4.92. The highest BCUT2D eigenvalue weighted by Gasteiger charge is 2.18. The van der Waals surface area contributed by atoms with E-state index >= 15 is 0 Å². The number of allylic oxidation sites excluding steroid dienone is 1. The van der Waals surface area contributed by atoms with Crippen molar-refractivity contribution in [3.05, 3.63) is 84.1 Å². The van der Waals surface area contributed by atoms with Gasteiger partial charge in [0.05, 0.1) is 11.2 Å². The maximum Gasteiger partial charge on any atom is 0.227 e. The van der Waals surface area contributed by atoms with Crippen LogP contribution in [-0.2, 0) is 6.42 Å². The number of hydrogen-bond donors (Lipinski definition) is 1. The number of hydrogen-bond acceptors (Lipinski definition) is 7. The molecule has 2 aromatic carbocycles. The summed E-state index contributed by atoms with van der Waals surface area (Å²) < 4.78 is 0. The number of anilines is 3. The van der Waals surface area contributed by atoms with Gasteiger partial charge in [0.25, 0.3) is 0 Å². The van der Waals surface area contributed by atoms with E-state index in [0.29, 0.717) is 5.95 Å². The van der Waals surface area contributed by atoms with Crippen molar-refractivity contribution < 1.29 is 0 Å². The predicted molar refractivity (Wildman–Crippen MR) is 141 cm³/mol. The van der Waals surface area contributed by atoms with Gasteiger partial charge in [0, 0.05) is 60.9 Å². The average molecular weight is 464 g/mol. The summed E-state index contributed by atoms with van der Waals surface area (Å²) in [5, 5.41) is 4.48. The minimum atomic E-state index is 0.646. The van der Waals surface area contributed by atoms with Crippen molar-refractivity contribution in [1.29, 1.82) is 0 Å². The average Bonchev–Trinajstić information content (AvgIpc) is 3.11. The Balaban J connectivity index is 1.26. The lowest BCUT2D eigenvalue weighted by Gasteiger charge is -2.34. The Kier molecular flexibility index (Phi) is 5.84. The highest BCUT2D eigenvalue weighted by atomic mass is 15.2. The fraction of sp³-hybridized carbons (Fsp3) is 0.286. The molecule has 0 spiro atoms. The summed E-state index contributed by atoms with van der Waals surface area (Å²) in [5.74, 6) is 0.646. The van der Waals surface area contributed by atoms with Crippen molar-refractivity contribution in [2.45, 2.75) is 19.3 Å². The maximum atomic E-state index is 4.95. The Morgan fingerprint density at radius 2 is 1.86 bits per heavy atom. The summed E-state index contributed by atoms with van der Waals surface area (Å²) in [6.07, 6.45) is 10.8. The van der Waals surface area contributed by atoms with E-state index in [9.17, 15) is 0 Å². The summed E-state index contributed by atoms with van der Waals surface area (Å²) in [6.45, 7) is 4.27. The van der Waals surface area contributed by atoms with E-state index in [1.54, 1.807) is 6.33 Å². The highest BCUT2D eigenvalue weighted by molar-refractivity contribution is 5.88. The largest absolute Gasteiger partial charge is 0.369 e. The minimum absolute atomic E-state index is 0.646. The first-order chi connectivity index (χ1) is 17.2. The van der Waals surface area contributed by atoms with Gasteiger partial charge < -0.3 is 15.1 Å². The Morgan fingerprint density at radius 3 is 2.77 bits per heavy atom. The SMILES string of the molecule is CN1CCN(c2cccc(Nc3ncc4c(n3)CCCC=C4c3ccc4ncncc4c3)c2)CC1. The third-order valence-electron chi connectivity index (χ3n) is 6.91. The van der Waals surface area contributed by atoms with E-state index in [2.05, 4.69) is 80.7 Å². The van der Waals surface area contributed by atoms with Gasteiger partial charge in [-0.1, -0.05) is 18.2 Å². The molecule has 0 bridgehead atoms. The number of benzene rings is 2. The van der Waals surface area contributed by atoms with Gasteiger partial charge in [-0.05, 0) is 67.8 Å². The molecule has 2 aliphatic rings. The lowest BCUT2D eigenvalue weighted by Crippen LogP contribution is -2.44. The molecule has 1 fully saturated rings. The van der Waals surface area contributed by atoms with Crippen molar-refractivity contribution >= 4 is 33.8 Å². The molecular weight excluding hydrogens is 434 g/mol. The Bertz CT molecular complexity index is 1390. The molecular formula is C28H29N7. The van der Waals surface area contributed by atoms with Crippen LogP contribution in [-0.4, -0.2) is 58.1 Å². The van der Waals surface area contributed by atoms with E-state index < -0.39 is 0 Å². The molecule has 1 saturated heterocycles. The fourth-order valence-electron chi connectivity index (χ4n) is 4.92. The molecule has 4 aromatic rings. The first-order valence-corrected chi connectivity index (χ1v) is 12.3. The van der Waals surface area contributed by atoms with Crippen LogP contribution >= 0.6 is 0 Å². The number of fused-ring (bicyclic) bond motifs is 2. The second-order valence-electron chi connectivity index (χ2n) is 9.33. The molecule has 35 heavy (non-hydrogen) atoms. The van der Waals surface area contributed by atoms with E-state index in [1.165, 1.54) is 11.3 Å². The number of nitrogens with zero attached hydrogens (tertiary/aromatic N) is 6. The van der Waals surface area contributed by atoms with Gasteiger partial charge in [0.15, 0.2) is 0 Å². The lowest BCUT2D eigenvalue weighted by molar-refractivity contribution is 0.313. The zero-order chi connectivity index (χ0) is 23.6. The molecule has 0 saturated carbocycles. The predicted octanol–water partition coefficient (Wildman–Crippen LogP) is 4.68. The van der Waals surface area contributed by atoms with Crippen molar-refractivity contribution in [2.75, 3.05) is 43.4 Å². The summed E-state index contributed by atoms with van der Waals surface area (Å²) in [7, 11) is 2.18. The van der Waals surface area contributed by atoms with Crippen LogP contribution in [0.1, 0.15) is 29.7 Å². The molecule has 1 N–H and O–H groups in total. The first kappa shape index (κ1) is 21.7. The van der Waals surface area contributed by atoms with Gasteiger partial charge in [-0.15, -0.1) is 0 Å². The quantitative estimate of drug-likeness (QED) is 0.471. The van der Waals surface area contributed by atoms with Crippen LogP contribution in [0, 0.1) is 0 Å². The second kappa shape index (κ2) is 9.43. The third-order valence-corrected chi connectivity index (χ3v) is 6.91. The number of nitrogens with one attached hydrogen (secondary N) is 1. The molecule has 1 aliphatic heterocycles. The summed E-state index contributed by atoms with van der Waals surface area (Å²) in [5.41, 5.74) is 7.74. The van der Waals surface area contributed by atoms with Crippen molar-refractivity contribution in [3.63, 3.8) is 0 Å². The van der Waals surface area contributed by atoms with Crippen LogP contribution in [0.2, 0.25) is 0 Å². The molecule has 0 atom stereocenters. The summed E-state index contributed by atoms with van der Waals surface area (Å²) in [6, 6.07) is 14.9. The Labute approximate surface area is 205 Å². The van der Waals surface area contributed by atoms with Gasteiger partial charge >= 0.3 is 0 Å². The molecule has 7 nitrogen and oxygen atoms in total. The molecule has 0 radical (unpaired) electrons. The van der Waals surface area contributed by atoms with Gasteiger partial charge in [-0.25, -0.2) is 19.9 Å². The number of aryl methyl sites for hydroxylation is 1. The van der Waals surface area contributed by atoms with Gasteiger partial charge in [-0.2, -0.15) is 0 Å². The monoisotopic (exact) mass is 463 g/mol. The molecule has 6 rings (SSSR count). The van der Waals surface area contributed by atoms with Crippen LogP contribution in [0.3, 0.4) is 0 Å². The van der Waals surface area contributed by atoms with Crippen molar-refractivity contribution in [2.24, 2.45) is 0 Å². The lowest BCUT2D eigenvalue weighted by atomic mass is 9.97. The van der Waals surface area contributed by atoms with E-state index in [4.69, 9.17) is 9.97 Å². The number of rotatable bonds is 4. The standard InChI is InChI=1S/C28H29N7/c1-34-11-13-35(14-12-34)23-6-4-5-22(16-23)32-28-30-18-25-24(7-2-3-8-27(25)33-28)20-9-10-26-21(15-20)17-29-19-31-26/h4-7,9-10,15-19H,2-3,8,11-14H2,1H3,(H,30,32,33). The molecule has 3 heterocycles. The zero-order valence-corrected chi connectivity index (χ0v) is 20.0. The topological polar surface area (TPSA) is 70.1 Å². The molecule has 0 amide bonds. The van der Waals surface area contributed by atoms with Crippen LogP contribution in [0.25, 0.3) is 16.5 Å². The van der Waals surface area contributed by atoms with Crippen molar-refractivity contribution in [1.82, 2.24) is 24.8 Å². The van der Waals surface area contributed by atoms with Crippen LogP contribution in [0.15, 0.2) is 67.3 Å². The molecule has 0 unspecified atom stereocenters. The third kappa shape index (κ3) is 4.59. The molecule has 7 heteroatoms. The Hall–Kier alpha value is -3.84. The number of aromatic nitrogens is 4. The first-order valence-electron chi connectivity index (χ1n) is 12.3. The van der Waals surface area contributed by atoms with E-state index in [0.717, 1.165) is 78.9 Å². The zero-order valence-electron chi connectivity index (χ0n) is 20.0. The minimum Gasteiger partial charge on any atom is -0.369 e. The smallest absolute Gasteiger partial charge is 0.227 e. The second-order valence-corrected chi connectivity index (χ2v) is 9.33. The molecule has 2 aromatic heterocycles. The number of piperazine rings is 1. The Morgan fingerprint density at radius 1 is 0.943 bits per heavy atom. The normalized spacial score (nSPS) is 16.5. The maximum absolute atomic E-state index is 4.95. The molecule has 176 valence electrons. The van der Waals surface area contributed by atoms with E-state index in [-0.39, 0.29) is 0 Å².